The second-order valence-electron chi connectivity index (χ2n) is 8.41. The van der Waals surface area contributed by atoms with Crippen LogP contribution in [0.2, 0.25) is 0 Å². The summed E-state index contributed by atoms with van der Waals surface area (Å²) in [6.45, 7) is 11.7. The van der Waals surface area contributed by atoms with Crippen molar-refractivity contribution in [3.63, 3.8) is 0 Å². The van der Waals surface area contributed by atoms with Crippen molar-refractivity contribution in [2.45, 2.75) is 40.7 Å². The minimum absolute atomic E-state index is 0.191. The molecule has 1 aromatic carbocycles. The SMILES string of the molecule is CCOC(=O)C1=C(C)N=c2s/c(=C/c3cn(C)nc3C)c(=O)n2[C@H]1c1ccc(N(CC)CC)cc1. The van der Waals surface area contributed by atoms with Crippen LogP contribution in [0.5, 0.6) is 0 Å². The summed E-state index contributed by atoms with van der Waals surface area (Å²) < 4.78 is 9.27. The van der Waals surface area contributed by atoms with Gasteiger partial charge in [0.2, 0.25) is 0 Å². The van der Waals surface area contributed by atoms with Gasteiger partial charge < -0.3 is 9.64 Å². The average molecular weight is 494 g/mol. The first-order chi connectivity index (χ1) is 16.8. The molecule has 0 fully saturated rings. The van der Waals surface area contributed by atoms with E-state index in [0.717, 1.165) is 35.6 Å². The first-order valence-corrected chi connectivity index (χ1v) is 12.6. The number of hydrogen-bond acceptors (Lipinski definition) is 7. The van der Waals surface area contributed by atoms with Gasteiger partial charge in [-0.1, -0.05) is 23.5 Å². The molecule has 1 aliphatic heterocycles. The maximum atomic E-state index is 13.7. The minimum Gasteiger partial charge on any atom is -0.463 e. The molecule has 0 aliphatic carbocycles. The van der Waals surface area contributed by atoms with Crippen LogP contribution in [0.3, 0.4) is 0 Å². The summed E-state index contributed by atoms with van der Waals surface area (Å²) in [5, 5.41) is 4.37. The number of carbonyl (C=O) groups excluding carboxylic acids is 1. The summed E-state index contributed by atoms with van der Waals surface area (Å²) >= 11 is 1.32. The van der Waals surface area contributed by atoms with Gasteiger partial charge in [0.25, 0.3) is 5.56 Å². The van der Waals surface area contributed by atoms with Crippen LogP contribution in [0.4, 0.5) is 5.69 Å². The van der Waals surface area contributed by atoms with E-state index in [4.69, 9.17) is 4.74 Å². The van der Waals surface area contributed by atoms with Gasteiger partial charge in [-0.2, -0.15) is 5.10 Å². The van der Waals surface area contributed by atoms with Gasteiger partial charge in [0.15, 0.2) is 4.80 Å². The topological polar surface area (TPSA) is 81.7 Å². The van der Waals surface area contributed by atoms with E-state index in [2.05, 4.69) is 28.8 Å². The van der Waals surface area contributed by atoms with Crippen LogP contribution in [0, 0.1) is 6.92 Å². The first kappa shape index (κ1) is 24.7. The number of thiazole rings is 1. The third-order valence-electron chi connectivity index (χ3n) is 6.19. The molecule has 8 nitrogen and oxygen atoms in total. The number of esters is 1. The van der Waals surface area contributed by atoms with E-state index in [-0.39, 0.29) is 12.2 Å². The van der Waals surface area contributed by atoms with Crippen LogP contribution in [-0.2, 0) is 16.6 Å². The van der Waals surface area contributed by atoms with Gasteiger partial charge in [0.1, 0.15) is 0 Å². The lowest BCUT2D eigenvalue weighted by atomic mass is 9.95. The Hall–Kier alpha value is -3.46. The molecule has 0 amide bonds. The van der Waals surface area contributed by atoms with E-state index < -0.39 is 12.0 Å². The molecule has 35 heavy (non-hydrogen) atoms. The van der Waals surface area contributed by atoms with Crippen molar-refractivity contribution in [3.8, 4) is 0 Å². The fraction of sp³-hybridized carbons (Fsp3) is 0.385. The second kappa shape index (κ2) is 10.0. The van der Waals surface area contributed by atoms with E-state index in [0.29, 0.717) is 20.6 Å². The van der Waals surface area contributed by atoms with E-state index in [1.165, 1.54) is 11.3 Å². The van der Waals surface area contributed by atoms with E-state index in [1.54, 1.807) is 23.1 Å². The Bertz CT molecular complexity index is 1460. The van der Waals surface area contributed by atoms with Crippen LogP contribution < -0.4 is 19.8 Å². The molecule has 0 bridgehead atoms. The molecule has 0 unspecified atom stereocenters. The molecular formula is C26H31N5O3S. The molecule has 0 N–H and O–H groups in total. The third-order valence-corrected chi connectivity index (χ3v) is 7.18. The van der Waals surface area contributed by atoms with Crippen LogP contribution in [0.15, 0.2) is 51.5 Å². The fourth-order valence-electron chi connectivity index (χ4n) is 4.46. The number of ether oxygens (including phenoxy) is 1. The number of rotatable bonds is 7. The minimum atomic E-state index is -0.617. The number of aromatic nitrogens is 3. The van der Waals surface area contributed by atoms with Gasteiger partial charge in [-0.3, -0.25) is 14.0 Å². The van der Waals surface area contributed by atoms with Crippen LogP contribution in [-0.4, -0.2) is 40.0 Å². The highest BCUT2D eigenvalue weighted by molar-refractivity contribution is 7.07. The van der Waals surface area contributed by atoms with E-state index >= 15 is 0 Å². The number of anilines is 1. The lowest BCUT2D eigenvalue weighted by Gasteiger charge is -2.26. The number of nitrogens with zero attached hydrogens (tertiary/aromatic N) is 5. The summed E-state index contributed by atoms with van der Waals surface area (Å²) in [6.07, 6.45) is 3.72. The van der Waals surface area contributed by atoms with Gasteiger partial charge in [-0.25, -0.2) is 9.79 Å². The Kier molecular flexibility index (Phi) is 7.07. The van der Waals surface area contributed by atoms with Gasteiger partial charge in [0, 0.05) is 37.6 Å². The Labute approximate surface area is 208 Å². The maximum absolute atomic E-state index is 13.7. The highest BCUT2D eigenvalue weighted by Gasteiger charge is 2.33. The highest BCUT2D eigenvalue weighted by Crippen LogP contribution is 2.31. The molecule has 184 valence electrons. The zero-order valence-electron chi connectivity index (χ0n) is 21.0. The number of carbonyl (C=O) groups is 1. The largest absolute Gasteiger partial charge is 0.463 e. The molecule has 4 rings (SSSR count). The monoisotopic (exact) mass is 493 g/mol. The van der Waals surface area contributed by atoms with Crippen molar-refractivity contribution < 1.29 is 9.53 Å². The van der Waals surface area contributed by atoms with E-state index in [9.17, 15) is 9.59 Å². The predicted molar refractivity (Wildman–Crippen MR) is 138 cm³/mol. The third kappa shape index (κ3) is 4.60. The maximum Gasteiger partial charge on any atom is 0.338 e. The molecule has 0 saturated carbocycles. The van der Waals surface area contributed by atoms with Crippen molar-refractivity contribution in [1.82, 2.24) is 14.3 Å². The first-order valence-electron chi connectivity index (χ1n) is 11.8. The van der Waals surface area contributed by atoms with Crippen molar-refractivity contribution in [3.05, 3.63) is 78.2 Å². The lowest BCUT2D eigenvalue weighted by Crippen LogP contribution is -2.40. The van der Waals surface area contributed by atoms with Crippen molar-refractivity contribution in [2.75, 3.05) is 24.6 Å². The lowest BCUT2D eigenvalue weighted by molar-refractivity contribution is -0.139. The fourth-order valence-corrected chi connectivity index (χ4v) is 5.50. The summed E-state index contributed by atoms with van der Waals surface area (Å²) in [4.78, 5) is 34.2. The molecule has 1 aliphatic rings. The van der Waals surface area contributed by atoms with E-state index in [1.807, 2.05) is 50.5 Å². The molecular weight excluding hydrogens is 462 g/mol. The molecule has 0 radical (unpaired) electrons. The Morgan fingerprint density at radius 2 is 1.86 bits per heavy atom. The van der Waals surface area contributed by atoms with Gasteiger partial charge in [-0.15, -0.1) is 0 Å². The Balaban J connectivity index is 1.91. The number of hydrogen-bond donors (Lipinski definition) is 0. The predicted octanol–water partition coefficient (Wildman–Crippen LogP) is 2.69. The number of aryl methyl sites for hydroxylation is 2. The zero-order valence-corrected chi connectivity index (χ0v) is 21.8. The summed E-state index contributed by atoms with van der Waals surface area (Å²) in [5.74, 6) is -0.455. The molecule has 9 heteroatoms. The second-order valence-corrected chi connectivity index (χ2v) is 9.42. The Morgan fingerprint density at radius 3 is 2.43 bits per heavy atom. The van der Waals surface area contributed by atoms with Crippen LogP contribution in [0.25, 0.3) is 6.08 Å². The summed E-state index contributed by atoms with van der Waals surface area (Å²) in [7, 11) is 1.85. The summed E-state index contributed by atoms with van der Waals surface area (Å²) in [5.41, 5.74) is 4.40. The van der Waals surface area contributed by atoms with Crippen molar-refractivity contribution >= 4 is 29.1 Å². The molecule has 3 aromatic rings. The quantitative estimate of drug-likeness (QED) is 0.473. The van der Waals surface area contributed by atoms with Crippen molar-refractivity contribution in [1.29, 1.82) is 0 Å². The zero-order chi connectivity index (χ0) is 25.3. The highest BCUT2D eigenvalue weighted by atomic mass is 32.1. The number of benzene rings is 1. The molecule has 2 aromatic heterocycles. The van der Waals surface area contributed by atoms with Crippen LogP contribution >= 0.6 is 11.3 Å². The number of fused-ring (bicyclic) bond motifs is 1. The number of allylic oxidation sites excluding steroid dienone is 1. The van der Waals surface area contributed by atoms with Gasteiger partial charge >= 0.3 is 5.97 Å². The Morgan fingerprint density at radius 1 is 1.17 bits per heavy atom. The smallest absolute Gasteiger partial charge is 0.338 e. The van der Waals surface area contributed by atoms with Gasteiger partial charge in [-0.05, 0) is 58.4 Å². The van der Waals surface area contributed by atoms with Crippen molar-refractivity contribution in [2.24, 2.45) is 12.0 Å². The molecule has 3 heterocycles. The average Bonchev–Trinajstić information content (AvgIpc) is 3.31. The summed E-state index contributed by atoms with van der Waals surface area (Å²) in [6, 6.07) is 7.43. The molecule has 0 spiro atoms. The standard InChI is InChI=1S/C26H31N5O3S/c1-7-30(8-2)20-12-10-18(11-13-20)23-22(25(33)34-9-3)17(5)27-26-31(23)24(32)21(35-26)14-19-15-29(6)28-16(19)4/h10-15,23H,7-9H2,1-6H3/b21-14+/t23-/m0/s1. The van der Waals surface area contributed by atoms with Gasteiger partial charge in [0.05, 0.1) is 34.1 Å². The normalized spacial score (nSPS) is 15.7. The molecule has 0 saturated heterocycles. The van der Waals surface area contributed by atoms with Crippen LogP contribution in [0.1, 0.15) is 50.6 Å². The molecule has 1 atom stereocenters.